The lowest BCUT2D eigenvalue weighted by Crippen LogP contribution is -2.00. The molecule has 1 unspecified atom stereocenters. The number of rotatable bonds is 4. The van der Waals surface area contributed by atoms with Crippen molar-refractivity contribution < 1.29 is 5.11 Å². The summed E-state index contributed by atoms with van der Waals surface area (Å²) in [6, 6.07) is 22.4. The molecule has 1 N–H and O–H groups in total. The van der Waals surface area contributed by atoms with E-state index in [2.05, 4.69) is 46.3 Å². The van der Waals surface area contributed by atoms with Gasteiger partial charge in [-0.15, -0.1) is 11.8 Å². The van der Waals surface area contributed by atoms with Crippen LogP contribution in [0.3, 0.4) is 0 Å². The van der Waals surface area contributed by atoms with Crippen molar-refractivity contribution in [3.05, 3.63) is 76.8 Å². The largest absolute Gasteiger partial charge is 0.388 e. The molecule has 3 aromatic carbocycles. The van der Waals surface area contributed by atoms with Crippen LogP contribution >= 0.6 is 27.7 Å². The SMILES string of the molecule is OC(CSc1ccccc1Br)c1ccc2ccccc2c1. The number of thioether (sulfide) groups is 1. The monoisotopic (exact) mass is 358 g/mol. The summed E-state index contributed by atoms with van der Waals surface area (Å²) in [6.07, 6.45) is -0.466. The van der Waals surface area contributed by atoms with Gasteiger partial charge in [-0.05, 0) is 50.5 Å². The molecule has 1 atom stereocenters. The van der Waals surface area contributed by atoms with Crippen LogP contribution in [-0.2, 0) is 0 Å². The Morgan fingerprint density at radius 3 is 2.43 bits per heavy atom. The zero-order chi connectivity index (χ0) is 14.7. The van der Waals surface area contributed by atoms with Crippen LogP contribution in [-0.4, -0.2) is 10.9 Å². The normalized spacial score (nSPS) is 12.5. The summed E-state index contributed by atoms with van der Waals surface area (Å²) in [5, 5.41) is 12.8. The number of hydrogen-bond donors (Lipinski definition) is 1. The Balaban J connectivity index is 1.75. The zero-order valence-electron chi connectivity index (χ0n) is 11.4. The van der Waals surface area contributed by atoms with Crippen LogP contribution in [0.5, 0.6) is 0 Å². The molecule has 0 aliphatic rings. The number of aliphatic hydroxyl groups is 1. The first-order valence-corrected chi connectivity index (χ1v) is 8.56. The maximum absolute atomic E-state index is 10.4. The Labute approximate surface area is 137 Å². The van der Waals surface area contributed by atoms with Crippen molar-refractivity contribution in [2.45, 2.75) is 11.0 Å². The smallest absolute Gasteiger partial charge is 0.0884 e. The van der Waals surface area contributed by atoms with Gasteiger partial charge in [0.25, 0.3) is 0 Å². The molecule has 3 rings (SSSR count). The Kier molecular flexibility index (Phi) is 4.63. The minimum absolute atomic E-state index is 0.466. The van der Waals surface area contributed by atoms with Crippen molar-refractivity contribution in [2.24, 2.45) is 0 Å². The van der Waals surface area contributed by atoms with Crippen LogP contribution in [0.4, 0.5) is 0 Å². The predicted molar refractivity (Wildman–Crippen MR) is 93.8 cm³/mol. The molecular formula is C18H15BrOS. The summed E-state index contributed by atoms with van der Waals surface area (Å²) >= 11 is 5.19. The van der Waals surface area contributed by atoms with Crippen LogP contribution in [0.1, 0.15) is 11.7 Å². The molecule has 0 aliphatic carbocycles. The van der Waals surface area contributed by atoms with Crippen LogP contribution in [0.25, 0.3) is 10.8 Å². The highest BCUT2D eigenvalue weighted by Gasteiger charge is 2.10. The van der Waals surface area contributed by atoms with E-state index >= 15 is 0 Å². The van der Waals surface area contributed by atoms with E-state index in [0.29, 0.717) is 5.75 Å². The van der Waals surface area contributed by atoms with E-state index in [0.717, 1.165) is 14.9 Å². The molecule has 0 fully saturated rings. The van der Waals surface area contributed by atoms with Gasteiger partial charge in [-0.25, -0.2) is 0 Å². The number of aliphatic hydroxyl groups excluding tert-OH is 1. The van der Waals surface area contributed by atoms with Gasteiger partial charge >= 0.3 is 0 Å². The van der Waals surface area contributed by atoms with E-state index in [1.54, 1.807) is 11.8 Å². The molecule has 0 spiro atoms. The summed E-state index contributed by atoms with van der Waals surface area (Å²) in [5.41, 5.74) is 0.966. The molecule has 106 valence electrons. The lowest BCUT2D eigenvalue weighted by atomic mass is 10.0. The van der Waals surface area contributed by atoms with Crippen molar-refractivity contribution in [3.63, 3.8) is 0 Å². The molecular weight excluding hydrogens is 344 g/mol. The summed E-state index contributed by atoms with van der Waals surface area (Å²) in [6.45, 7) is 0. The van der Waals surface area contributed by atoms with Gasteiger partial charge in [0.05, 0.1) is 6.10 Å². The fourth-order valence-electron chi connectivity index (χ4n) is 2.24. The number of benzene rings is 3. The van der Waals surface area contributed by atoms with Gasteiger partial charge in [-0.1, -0.05) is 48.5 Å². The predicted octanol–water partition coefficient (Wildman–Crippen LogP) is 5.43. The highest BCUT2D eigenvalue weighted by atomic mass is 79.9. The molecule has 1 nitrogen and oxygen atoms in total. The lowest BCUT2D eigenvalue weighted by molar-refractivity contribution is 0.204. The molecule has 3 aromatic rings. The quantitative estimate of drug-likeness (QED) is 0.627. The average molecular weight is 359 g/mol. The number of hydrogen-bond acceptors (Lipinski definition) is 2. The first kappa shape index (κ1) is 14.6. The third-order valence-corrected chi connectivity index (χ3v) is 5.50. The Morgan fingerprint density at radius 1 is 0.905 bits per heavy atom. The van der Waals surface area contributed by atoms with Crippen LogP contribution < -0.4 is 0 Å². The molecule has 3 heteroatoms. The van der Waals surface area contributed by atoms with Gasteiger partial charge in [-0.3, -0.25) is 0 Å². The molecule has 0 saturated heterocycles. The fourth-order valence-corrected chi connectivity index (χ4v) is 3.78. The molecule has 21 heavy (non-hydrogen) atoms. The molecule has 0 aliphatic heterocycles. The van der Waals surface area contributed by atoms with E-state index in [1.165, 1.54) is 10.8 Å². The highest BCUT2D eigenvalue weighted by Crippen LogP contribution is 2.31. The highest BCUT2D eigenvalue weighted by molar-refractivity contribution is 9.10. The molecule has 0 amide bonds. The Morgan fingerprint density at radius 2 is 1.62 bits per heavy atom. The second-order valence-electron chi connectivity index (χ2n) is 4.86. The number of fused-ring (bicyclic) bond motifs is 1. The molecule has 0 aromatic heterocycles. The van der Waals surface area contributed by atoms with Crippen molar-refractivity contribution in [1.29, 1.82) is 0 Å². The minimum Gasteiger partial charge on any atom is -0.388 e. The Hall–Kier alpha value is -1.29. The summed E-state index contributed by atoms with van der Waals surface area (Å²) in [4.78, 5) is 1.15. The topological polar surface area (TPSA) is 20.2 Å². The molecule has 0 radical (unpaired) electrons. The van der Waals surface area contributed by atoms with Gasteiger partial charge in [0, 0.05) is 15.1 Å². The van der Waals surface area contributed by atoms with E-state index in [9.17, 15) is 5.11 Å². The summed E-state index contributed by atoms with van der Waals surface area (Å²) < 4.78 is 1.07. The minimum atomic E-state index is -0.466. The molecule has 0 saturated carbocycles. The van der Waals surface area contributed by atoms with Crippen molar-refractivity contribution >= 4 is 38.5 Å². The van der Waals surface area contributed by atoms with Gasteiger partial charge in [0.15, 0.2) is 0 Å². The first-order valence-electron chi connectivity index (χ1n) is 6.78. The van der Waals surface area contributed by atoms with Gasteiger partial charge in [0.1, 0.15) is 0 Å². The van der Waals surface area contributed by atoms with Crippen LogP contribution in [0.2, 0.25) is 0 Å². The van der Waals surface area contributed by atoms with Crippen LogP contribution in [0, 0.1) is 0 Å². The van der Waals surface area contributed by atoms with Gasteiger partial charge in [0.2, 0.25) is 0 Å². The second kappa shape index (κ2) is 6.65. The number of halogens is 1. The van der Waals surface area contributed by atoms with Gasteiger partial charge < -0.3 is 5.11 Å². The summed E-state index contributed by atoms with van der Waals surface area (Å²) in [7, 11) is 0. The van der Waals surface area contributed by atoms with Crippen LogP contribution in [0.15, 0.2) is 76.1 Å². The maximum atomic E-state index is 10.4. The lowest BCUT2D eigenvalue weighted by Gasteiger charge is -2.12. The van der Waals surface area contributed by atoms with E-state index in [1.807, 2.05) is 36.4 Å². The first-order chi connectivity index (χ1) is 10.2. The van der Waals surface area contributed by atoms with Crippen molar-refractivity contribution in [3.8, 4) is 0 Å². The third kappa shape index (κ3) is 3.49. The third-order valence-electron chi connectivity index (χ3n) is 3.39. The summed E-state index contributed by atoms with van der Waals surface area (Å²) in [5.74, 6) is 0.640. The van der Waals surface area contributed by atoms with E-state index in [4.69, 9.17) is 0 Å². The van der Waals surface area contributed by atoms with E-state index in [-0.39, 0.29) is 0 Å². The van der Waals surface area contributed by atoms with E-state index < -0.39 is 6.10 Å². The van der Waals surface area contributed by atoms with Gasteiger partial charge in [-0.2, -0.15) is 0 Å². The van der Waals surface area contributed by atoms with Crippen molar-refractivity contribution in [2.75, 3.05) is 5.75 Å². The van der Waals surface area contributed by atoms with Crippen molar-refractivity contribution in [1.82, 2.24) is 0 Å². The molecule has 0 heterocycles. The fraction of sp³-hybridized carbons (Fsp3) is 0.111. The second-order valence-corrected chi connectivity index (χ2v) is 6.78. The standard InChI is InChI=1S/C18H15BrOS/c19-16-7-3-4-8-18(16)21-12-17(20)15-10-9-13-5-1-2-6-14(13)11-15/h1-11,17,20H,12H2. The maximum Gasteiger partial charge on any atom is 0.0884 e. The molecule has 0 bridgehead atoms. The average Bonchev–Trinajstić information content (AvgIpc) is 2.53. The Bertz CT molecular complexity index is 757. The zero-order valence-corrected chi connectivity index (χ0v) is 13.8.